The van der Waals surface area contributed by atoms with E-state index in [0.717, 1.165) is 36.5 Å². The second-order valence-corrected chi connectivity index (χ2v) is 6.78. The molecule has 1 aliphatic heterocycles. The molecule has 0 saturated heterocycles. The fourth-order valence-electron chi connectivity index (χ4n) is 3.47. The topological polar surface area (TPSA) is 49.3 Å². The smallest absolute Gasteiger partial charge is 0.276 e. The summed E-state index contributed by atoms with van der Waals surface area (Å²) in [5.74, 6) is 0.449. The Morgan fingerprint density at radius 2 is 1.78 bits per heavy atom. The van der Waals surface area contributed by atoms with Crippen molar-refractivity contribution in [1.29, 1.82) is 0 Å². The Bertz CT molecular complexity index is 971. The van der Waals surface area contributed by atoms with Gasteiger partial charge in [0.1, 0.15) is 5.69 Å². The molecule has 136 valence electrons. The highest BCUT2D eigenvalue weighted by molar-refractivity contribution is 6.04. The number of carbonyl (C=O) groups excluding carboxylic acids is 1. The van der Waals surface area contributed by atoms with Crippen LogP contribution in [0.1, 0.15) is 28.2 Å². The first kappa shape index (κ1) is 17.2. The van der Waals surface area contributed by atoms with Crippen LogP contribution < -0.4 is 9.80 Å². The third-order valence-corrected chi connectivity index (χ3v) is 4.86. The van der Waals surface area contributed by atoms with E-state index in [9.17, 15) is 4.79 Å². The van der Waals surface area contributed by atoms with Crippen molar-refractivity contribution < 1.29 is 4.79 Å². The van der Waals surface area contributed by atoms with Crippen LogP contribution in [0.2, 0.25) is 0 Å². The number of anilines is 3. The molecule has 0 unspecified atom stereocenters. The molecule has 4 rings (SSSR count). The zero-order valence-corrected chi connectivity index (χ0v) is 15.6. The summed E-state index contributed by atoms with van der Waals surface area (Å²) in [6, 6.07) is 19.7. The van der Waals surface area contributed by atoms with Gasteiger partial charge in [0.2, 0.25) is 5.95 Å². The molecule has 0 bridgehead atoms. The monoisotopic (exact) mass is 358 g/mol. The van der Waals surface area contributed by atoms with Crippen LogP contribution in [0.4, 0.5) is 17.3 Å². The number of amides is 1. The molecule has 0 radical (unpaired) electrons. The average Bonchev–Trinajstić information content (AvgIpc) is 2.72. The van der Waals surface area contributed by atoms with Crippen molar-refractivity contribution in [2.45, 2.75) is 19.8 Å². The largest absolute Gasteiger partial charge is 0.310 e. The Hall–Kier alpha value is -3.21. The summed E-state index contributed by atoms with van der Waals surface area (Å²) in [4.78, 5) is 26.0. The van der Waals surface area contributed by atoms with Crippen LogP contribution in [-0.2, 0) is 6.42 Å². The van der Waals surface area contributed by atoms with E-state index in [1.165, 1.54) is 5.56 Å². The lowest BCUT2D eigenvalue weighted by atomic mass is 10.0. The molecule has 1 aromatic heterocycles. The fourth-order valence-corrected chi connectivity index (χ4v) is 3.47. The lowest BCUT2D eigenvalue weighted by Gasteiger charge is -2.30. The maximum absolute atomic E-state index is 13.0. The number of carbonyl (C=O) groups is 1. The van der Waals surface area contributed by atoms with E-state index in [0.29, 0.717) is 11.6 Å². The van der Waals surface area contributed by atoms with Crippen molar-refractivity contribution in [3.63, 3.8) is 0 Å². The molecule has 5 heteroatoms. The number of hydrogen-bond acceptors (Lipinski definition) is 4. The van der Waals surface area contributed by atoms with Crippen molar-refractivity contribution in [3.05, 3.63) is 77.6 Å². The van der Waals surface area contributed by atoms with Gasteiger partial charge in [0.05, 0.1) is 0 Å². The van der Waals surface area contributed by atoms with Crippen molar-refractivity contribution in [2.75, 3.05) is 23.4 Å². The minimum Gasteiger partial charge on any atom is -0.310 e. The minimum atomic E-state index is -0.141. The predicted molar refractivity (Wildman–Crippen MR) is 108 cm³/mol. The van der Waals surface area contributed by atoms with Crippen LogP contribution >= 0.6 is 0 Å². The third kappa shape index (κ3) is 3.40. The number of benzene rings is 2. The lowest BCUT2D eigenvalue weighted by Crippen LogP contribution is -2.30. The van der Waals surface area contributed by atoms with Gasteiger partial charge in [0.25, 0.3) is 5.91 Å². The van der Waals surface area contributed by atoms with Crippen LogP contribution in [-0.4, -0.2) is 29.5 Å². The molecule has 27 heavy (non-hydrogen) atoms. The number of hydrogen-bond donors (Lipinski definition) is 0. The standard InChI is InChI=1S/C22H22N4O/c1-16-15-19(21(27)25(2)18-11-4-3-5-12-18)24-22(23-16)26-14-8-10-17-9-6-7-13-20(17)26/h3-7,9,11-13,15H,8,10,14H2,1-2H3. The highest BCUT2D eigenvalue weighted by Gasteiger charge is 2.23. The highest BCUT2D eigenvalue weighted by Crippen LogP contribution is 2.31. The molecule has 0 atom stereocenters. The molecule has 0 N–H and O–H groups in total. The fraction of sp³-hybridized carbons (Fsp3) is 0.227. The lowest BCUT2D eigenvalue weighted by molar-refractivity contribution is 0.0988. The molecule has 2 heterocycles. The highest BCUT2D eigenvalue weighted by atomic mass is 16.2. The van der Waals surface area contributed by atoms with Gasteiger partial charge in [0, 0.05) is 30.7 Å². The second-order valence-electron chi connectivity index (χ2n) is 6.78. The van der Waals surface area contributed by atoms with Crippen LogP contribution in [0.5, 0.6) is 0 Å². The quantitative estimate of drug-likeness (QED) is 0.706. The second kappa shape index (κ2) is 7.19. The molecule has 1 amide bonds. The summed E-state index contributed by atoms with van der Waals surface area (Å²) in [7, 11) is 1.77. The van der Waals surface area contributed by atoms with Gasteiger partial charge in [-0.25, -0.2) is 9.97 Å². The average molecular weight is 358 g/mol. The van der Waals surface area contributed by atoms with Crippen LogP contribution in [0.3, 0.4) is 0 Å². The van der Waals surface area contributed by atoms with E-state index in [4.69, 9.17) is 0 Å². The van der Waals surface area contributed by atoms with Crippen molar-refractivity contribution in [2.24, 2.45) is 0 Å². The Morgan fingerprint density at radius 1 is 1.04 bits per heavy atom. The van der Waals surface area contributed by atoms with Crippen molar-refractivity contribution >= 4 is 23.2 Å². The Morgan fingerprint density at radius 3 is 2.59 bits per heavy atom. The number of rotatable bonds is 3. The van der Waals surface area contributed by atoms with Crippen LogP contribution in [0, 0.1) is 6.92 Å². The molecule has 0 fully saturated rings. The van der Waals surface area contributed by atoms with Gasteiger partial charge in [-0.05, 0) is 49.6 Å². The number of aromatic nitrogens is 2. The Kier molecular flexibility index (Phi) is 4.59. The molecule has 0 saturated carbocycles. The molecule has 3 aromatic rings. The molecule has 5 nitrogen and oxygen atoms in total. The van der Waals surface area contributed by atoms with Crippen LogP contribution in [0.15, 0.2) is 60.7 Å². The maximum Gasteiger partial charge on any atom is 0.276 e. The summed E-state index contributed by atoms with van der Waals surface area (Å²) in [5, 5.41) is 0. The summed E-state index contributed by atoms with van der Waals surface area (Å²) >= 11 is 0. The van der Waals surface area contributed by atoms with Gasteiger partial charge in [-0.15, -0.1) is 0 Å². The molecule has 0 aliphatic carbocycles. The predicted octanol–water partition coefficient (Wildman–Crippen LogP) is 4.15. The van der Waals surface area contributed by atoms with Gasteiger partial charge in [0.15, 0.2) is 0 Å². The summed E-state index contributed by atoms with van der Waals surface area (Å²) < 4.78 is 0. The first-order chi connectivity index (χ1) is 13.1. The van der Waals surface area contributed by atoms with E-state index < -0.39 is 0 Å². The van der Waals surface area contributed by atoms with Gasteiger partial charge in [-0.2, -0.15) is 0 Å². The van der Waals surface area contributed by atoms with E-state index >= 15 is 0 Å². The van der Waals surface area contributed by atoms with Gasteiger partial charge < -0.3 is 9.80 Å². The summed E-state index contributed by atoms with van der Waals surface area (Å²) in [5.41, 5.74) is 4.45. The molecule has 1 aliphatic rings. The number of nitrogens with zero attached hydrogens (tertiary/aromatic N) is 4. The SMILES string of the molecule is Cc1cc(C(=O)N(C)c2ccccc2)nc(N2CCCc3ccccc32)n1. The number of aryl methyl sites for hydroxylation is 2. The van der Waals surface area contributed by atoms with Crippen molar-refractivity contribution in [1.82, 2.24) is 9.97 Å². The summed E-state index contributed by atoms with van der Waals surface area (Å²) in [6.07, 6.45) is 2.10. The first-order valence-corrected chi connectivity index (χ1v) is 9.18. The van der Waals surface area contributed by atoms with E-state index in [-0.39, 0.29) is 5.91 Å². The van der Waals surface area contributed by atoms with Gasteiger partial charge >= 0.3 is 0 Å². The Labute approximate surface area is 159 Å². The van der Waals surface area contributed by atoms with E-state index in [2.05, 4.69) is 33.1 Å². The normalized spacial score (nSPS) is 13.2. The Balaban J connectivity index is 1.70. The molecular weight excluding hydrogens is 336 g/mol. The van der Waals surface area contributed by atoms with Gasteiger partial charge in [-0.1, -0.05) is 36.4 Å². The maximum atomic E-state index is 13.0. The summed E-state index contributed by atoms with van der Waals surface area (Å²) in [6.45, 7) is 2.75. The molecule has 2 aromatic carbocycles. The number of para-hydroxylation sites is 2. The van der Waals surface area contributed by atoms with Gasteiger partial charge in [-0.3, -0.25) is 4.79 Å². The van der Waals surface area contributed by atoms with E-state index in [1.807, 2.05) is 43.3 Å². The number of fused-ring (bicyclic) bond motifs is 1. The van der Waals surface area contributed by atoms with E-state index in [1.54, 1.807) is 18.0 Å². The molecule has 0 spiro atoms. The third-order valence-electron chi connectivity index (χ3n) is 4.86. The zero-order chi connectivity index (χ0) is 18.8. The minimum absolute atomic E-state index is 0.141. The van der Waals surface area contributed by atoms with Crippen molar-refractivity contribution in [3.8, 4) is 0 Å². The molecular formula is C22H22N4O. The van der Waals surface area contributed by atoms with Crippen LogP contribution in [0.25, 0.3) is 0 Å². The zero-order valence-electron chi connectivity index (χ0n) is 15.6. The first-order valence-electron chi connectivity index (χ1n) is 9.18.